The van der Waals surface area contributed by atoms with E-state index in [2.05, 4.69) is 66.7 Å². The molecule has 0 saturated heterocycles. The minimum Gasteiger partial charge on any atom is -0.251 e. The van der Waals surface area contributed by atoms with Gasteiger partial charge in [-0.3, -0.25) is 9.98 Å². The molecular formula is C28H33N3. The molecule has 0 fully saturated rings. The second kappa shape index (κ2) is 8.97. The van der Waals surface area contributed by atoms with Crippen LogP contribution in [0, 0.1) is 48.5 Å². The van der Waals surface area contributed by atoms with Crippen molar-refractivity contribution >= 4 is 22.8 Å². The molecule has 0 aliphatic rings. The van der Waals surface area contributed by atoms with E-state index in [-0.39, 0.29) is 0 Å². The number of aryl methyl sites for hydroxylation is 5. The fourth-order valence-corrected chi connectivity index (χ4v) is 4.08. The minimum absolute atomic E-state index is 0.875. The first kappa shape index (κ1) is 22.6. The van der Waals surface area contributed by atoms with Gasteiger partial charge in [0.25, 0.3) is 0 Å². The first-order chi connectivity index (χ1) is 14.6. The highest BCUT2D eigenvalue weighted by Gasteiger charge is 2.10. The van der Waals surface area contributed by atoms with Gasteiger partial charge in [0.15, 0.2) is 0 Å². The zero-order valence-electron chi connectivity index (χ0n) is 20.3. The van der Waals surface area contributed by atoms with Crippen molar-refractivity contribution in [2.24, 2.45) is 9.98 Å². The summed E-state index contributed by atoms with van der Waals surface area (Å²) in [6.07, 6.45) is 0. The Bertz CT molecular complexity index is 1190. The average molecular weight is 412 g/mol. The molecule has 0 atom stereocenters. The summed E-state index contributed by atoms with van der Waals surface area (Å²) in [4.78, 5) is 14.8. The Kier molecular flexibility index (Phi) is 6.54. The van der Waals surface area contributed by atoms with Gasteiger partial charge in [-0.2, -0.15) is 0 Å². The molecule has 0 aliphatic heterocycles. The van der Waals surface area contributed by atoms with Crippen LogP contribution in [0.2, 0.25) is 0 Å². The molecule has 0 spiro atoms. The zero-order chi connectivity index (χ0) is 22.9. The van der Waals surface area contributed by atoms with E-state index < -0.39 is 0 Å². The van der Waals surface area contributed by atoms with Crippen LogP contribution in [0.3, 0.4) is 0 Å². The van der Waals surface area contributed by atoms with Crippen LogP contribution in [0.1, 0.15) is 64.2 Å². The van der Waals surface area contributed by atoms with E-state index in [4.69, 9.17) is 15.0 Å². The molecule has 31 heavy (non-hydrogen) atoms. The highest BCUT2D eigenvalue weighted by molar-refractivity contribution is 6.02. The molecule has 0 bridgehead atoms. The van der Waals surface area contributed by atoms with E-state index in [1.807, 2.05) is 32.0 Å². The van der Waals surface area contributed by atoms with Gasteiger partial charge < -0.3 is 0 Å². The maximum absolute atomic E-state index is 4.97. The summed E-state index contributed by atoms with van der Waals surface area (Å²) in [5.74, 6) is 0. The summed E-state index contributed by atoms with van der Waals surface area (Å²) >= 11 is 0. The second-order valence-electron chi connectivity index (χ2n) is 8.66. The maximum atomic E-state index is 4.97. The molecule has 0 N–H and O–H groups in total. The minimum atomic E-state index is 0.875. The lowest BCUT2D eigenvalue weighted by molar-refractivity contribution is 1.20. The molecule has 3 heteroatoms. The van der Waals surface area contributed by atoms with Crippen molar-refractivity contribution in [2.75, 3.05) is 0 Å². The summed E-state index contributed by atoms with van der Waals surface area (Å²) in [6, 6.07) is 12.6. The predicted octanol–water partition coefficient (Wildman–Crippen LogP) is 7.52. The third-order valence-electron chi connectivity index (χ3n) is 6.00. The summed E-state index contributed by atoms with van der Waals surface area (Å²) in [7, 11) is 0. The lowest BCUT2D eigenvalue weighted by Crippen LogP contribution is -2.05. The molecule has 3 aromatic rings. The Labute approximate surface area is 187 Å². The van der Waals surface area contributed by atoms with Gasteiger partial charge >= 0.3 is 0 Å². The molecule has 3 rings (SSSR count). The lowest BCUT2D eigenvalue weighted by Gasteiger charge is -2.13. The van der Waals surface area contributed by atoms with Gasteiger partial charge in [0.1, 0.15) is 0 Å². The van der Waals surface area contributed by atoms with E-state index in [9.17, 15) is 0 Å². The Hall–Kier alpha value is -3.07. The first-order valence-electron chi connectivity index (χ1n) is 10.8. The van der Waals surface area contributed by atoms with Crippen molar-refractivity contribution < 1.29 is 0 Å². The molecule has 0 aliphatic carbocycles. The fourth-order valence-electron chi connectivity index (χ4n) is 4.08. The highest BCUT2D eigenvalue weighted by Crippen LogP contribution is 2.30. The van der Waals surface area contributed by atoms with Crippen molar-refractivity contribution in [3.8, 4) is 0 Å². The molecule has 1 aromatic heterocycles. The SMILES string of the molecule is CC(=Nc1c(C)cc(C)cc1C)c1cccc(C(C)=Nc2c(C)cc(C)c(C)c2C)n1. The van der Waals surface area contributed by atoms with E-state index in [1.54, 1.807) is 0 Å². The Balaban J connectivity index is 2.01. The second-order valence-corrected chi connectivity index (χ2v) is 8.66. The van der Waals surface area contributed by atoms with Crippen LogP contribution < -0.4 is 0 Å². The molecule has 1 heterocycles. The van der Waals surface area contributed by atoms with Gasteiger partial charge in [0.2, 0.25) is 0 Å². The van der Waals surface area contributed by atoms with Crippen LogP contribution in [0.4, 0.5) is 11.4 Å². The van der Waals surface area contributed by atoms with Crippen molar-refractivity contribution in [1.29, 1.82) is 0 Å². The Morgan fingerprint density at radius 2 is 1.10 bits per heavy atom. The predicted molar refractivity (Wildman–Crippen MR) is 134 cm³/mol. The number of benzene rings is 2. The van der Waals surface area contributed by atoms with Crippen molar-refractivity contribution in [3.05, 3.63) is 86.7 Å². The lowest BCUT2D eigenvalue weighted by atomic mass is 9.98. The standard InChI is InChI=1S/C28H33N3/c1-16-13-18(3)27(19(4)14-16)29-23(8)25-11-10-12-26(31-25)24(9)30-28-20(5)15-17(2)21(6)22(28)7/h10-15H,1-9H3. The summed E-state index contributed by atoms with van der Waals surface area (Å²) in [6.45, 7) is 19.0. The summed E-state index contributed by atoms with van der Waals surface area (Å²) in [5.41, 5.74) is 14.3. The molecular weight excluding hydrogens is 378 g/mol. The third-order valence-corrected chi connectivity index (χ3v) is 6.00. The van der Waals surface area contributed by atoms with Gasteiger partial charge in [-0.15, -0.1) is 0 Å². The van der Waals surface area contributed by atoms with Gasteiger partial charge in [-0.1, -0.05) is 29.8 Å². The Morgan fingerprint density at radius 1 is 0.613 bits per heavy atom. The quantitative estimate of drug-likeness (QED) is 0.409. The zero-order valence-corrected chi connectivity index (χ0v) is 20.3. The number of aliphatic imine (C=N–C) groups is 2. The van der Waals surface area contributed by atoms with Crippen LogP contribution in [0.25, 0.3) is 0 Å². The first-order valence-corrected chi connectivity index (χ1v) is 10.8. The monoisotopic (exact) mass is 411 g/mol. The third kappa shape index (κ3) is 4.82. The molecule has 3 nitrogen and oxygen atoms in total. The number of hydrogen-bond donors (Lipinski definition) is 0. The van der Waals surface area contributed by atoms with Crippen molar-refractivity contribution in [2.45, 2.75) is 62.3 Å². The molecule has 0 saturated carbocycles. The van der Waals surface area contributed by atoms with E-state index in [0.717, 1.165) is 34.2 Å². The van der Waals surface area contributed by atoms with Crippen LogP contribution in [0.15, 0.2) is 46.4 Å². The van der Waals surface area contributed by atoms with Gasteiger partial charge in [0, 0.05) is 0 Å². The largest absolute Gasteiger partial charge is 0.251 e. The number of pyridine rings is 1. The van der Waals surface area contributed by atoms with Crippen LogP contribution >= 0.6 is 0 Å². The Morgan fingerprint density at radius 3 is 1.65 bits per heavy atom. The number of aromatic nitrogens is 1. The molecule has 0 amide bonds. The summed E-state index contributed by atoms with van der Waals surface area (Å²) < 4.78 is 0. The van der Waals surface area contributed by atoms with E-state index >= 15 is 0 Å². The summed E-state index contributed by atoms with van der Waals surface area (Å²) in [5, 5.41) is 0. The highest BCUT2D eigenvalue weighted by atomic mass is 14.8. The van der Waals surface area contributed by atoms with Gasteiger partial charge in [-0.25, -0.2) is 4.98 Å². The van der Waals surface area contributed by atoms with Gasteiger partial charge in [-0.05, 0) is 108 Å². The van der Waals surface area contributed by atoms with Crippen molar-refractivity contribution in [3.63, 3.8) is 0 Å². The van der Waals surface area contributed by atoms with E-state index in [1.165, 1.54) is 38.9 Å². The average Bonchev–Trinajstić information content (AvgIpc) is 2.72. The van der Waals surface area contributed by atoms with E-state index in [0.29, 0.717) is 0 Å². The maximum Gasteiger partial charge on any atom is 0.0849 e. The number of nitrogens with zero attached hydrogens (tertiary/aromatic N) is 3. The molecule has 160 valence electrons. The smallest absolute Gasteiger partial charge is 0.0849 e. The topological polar surface area (TPSA) is 37.6 Å². The van der Waals surface area contributed by atoms with Crippen LogP contribution in [-0.4, -0.2) is 16.4 Å². The molecule has 0 unspecified atom stereocenters. The molecule has 0 radical (unpaired) electrons. The number of hydrogen-bond acceptors (Lipinski definition) is 3. The van der Waals surface area contributed by atoms with Crippen LogP contribution in [-0.2, 0) is 0 Å². The normalized spacial score (nSPS) is 12.4. The van der Waals surface area contributed by atoms with Crippen LogP contribution in [0.5, 0.6) is 0 Å². The molecule has 2 aromatic carbocycles. The number of rotatable bonds is 4. The fraction of sp³-hybridized carbons (Fsp3) is 0.321. The van der Waals surface area contributed by atoms with Crippen molar-refractivity contribution in [1.82, 2.24) is 4.98 Å². The van der Waals surface area contributed by atoms with Gasteiger partial charge in [0.05, 0.1) is 34.2 Å².